The number of ether oxygens (including phenoxy) is 1. The molecule has 0 aliphatic heterocycles. The second-order valence-corrected chi connectivity index (χ2v) is 5.91. The molecule has 6 heteroatoms. The number of aryl methyl sites for hydroxylation is 1. The maximum Gasteiger partial charge on any atom is 0.248 e. The van der Waals surface area contributed by atoms with Gasteiger partial charge in [0.2, 0.25) is 11.7 Å². The molecule has 0 fully saturated rings. The van der Waals surface area contributed by atoms with Gasteiger partial charge in [-0.3, -0.25) is 9.59 Å². The van der Waals surface area contributed by atoms with Gasteiger partial charge in [0, 0.05) is 28.7 Å². The first-order valence-electron chi connectivity index (χ1n) is 8.13. The Hall–Kier alpha value is -3.41. The van der Waals surface area contributed by atoms with Crippen LogP contribution in [-0.2, 0) is 0 Å². The molecule has 0 spiro atoms. The Morgan fingerprint density at radius 3 is 2.62 bits per heavy atom. The molecule has 2 heterocycles. The number of hydrogen-bond acceptors (Lipinski definition) is 4. The Bertz CT molecular complexity index is 962. The molecule has 1 amide bonds. The number of amides is 1. The van der Waals surface area contributed by atoms with Crippen molar-refractivity contribution >= 4 is 11.7 Å². The van der Waals surface area contributed by atoms with Crippen LogP contribution < -0.4 is 10.5 Å². The van der Waals surface area contributed by atoms with E-state index in [1.54, 1.807) is 24.4 Å². The summed E-state index contributed by atoms with van der Waals surface area (Å²) in [4.78, 5) is 28.2. The van der Waals surface area contributed by atoms with E-state index in [1.165, 1.54) is 6.07 Å². The van der Waals surface area contributed by atoms with Gasteiger partial charge in [0.15, 0.2) is 6.61 Å². The van der Waals surface area contributed by atoms with Crippen LogP contribution in [0.15, 0.2) is 54.7 Å². The van der Waals surface area contributed by atoms with Crippen molar-refractivity contribution in [3.05, 3.63) is 77.2 Å². The van der Waals surface area contributed by atoms with E-state index < -0.39 is 5.91 Å². The molecule has 1 aromatic carbocycles. The predicted octanol–water partition coefficient (Wildman–Crippen LogP) is 2.85. The summed E-state index contributed by atoms with van der Waals surface area (Å²) in [6, 6.07) is 13.9. The number of carbonyl (C=O) groups excluding carboxylic acids is 2. The van der Waals surface area contributed by atoms with Gasteiger partial charge in [-0.25, -0.2) is 4.98 Å². The highest BCUT2D eigenvalue weighted by molar-refractivity contribution is 5.99. The van der Waals surface area contributed by atoms with Crippen molar-refractivity contribution in [3.8, 4) is 11.6 Å². The van der Waals surface area contributed by atoms with Gasteiger partial charge in [-0.05, 0) is 50.2 Å². The number of pyridine rings is 1. The highest BCUT2D eigenvalue weighted by Crippen LogP contribution is 2.20. The zero-order chi connectivity index (χ0) is 18.7. The molecule has 0 saturated heterocycles. The molecule has 0 bridgehead atoms. The number of primary amides is 1. The fraction of sp³-hybridized carbons (Fsp3) is 0.150. The standard InChI is InChI=1S/C20H19N3O3/c1-13-10-17(14(2)23(13)19-8-3-4-9-22-19)18(24)12-26-16-7-5-6-15(11-16)20(21)25/h3-11H,12H2,1-2H3,(H2,21,25). The van der Waals surface area contributed by atoms with Gasteiger partial charge in [-0.1, -0.05) is 12.1 Å². The summed E-state index contributed by atoms with van der Waals surface area (Å²) < 4.78 is 7.47. The van der Waals surface area contributed by atoms with E-state index in [4.69, 9.17) is 10.5 Å². The van der Waals surface area contributed by atoms with Crippen LogP contribution in [-0.4, -0.2) is 27.8 Å². The number of benzene rings is 1. The molecule has 0 aliphatic carbocycles. The van der Waals surface area contributed by atoms with Gasteiger partial charge in [-0.15, -0.1) is 0 Å². The largest absolute Gasteiger partial charge is 0.485 e. The summed E-state index contributed by atoms with van der Waals surface area (Å²) >= 11 is 0. The summed E-state index contributed by atoms with van der Waals surface area (Å²) in [5.41, 5.74) is 7.90. The van der Waals surface area contributed by atoms with Crippen molar-refractivity contribution in [1.29, 1.82) is 0 Å². The molecule has 2 N–H and O–H groups in total. The molecule has 26 heavy (non-hydrogen) atoms. The number of aromatic nitrogens is 2. The van der Waals surface area contributed by atoms with Crippen LogP contribution in [0.5, 0.6) is 5.75 Å². The number of hydrogen-bond donors (Lipinski definition) is 1. The maximum atomic E-state index is 12.6. The van der Waals surface area contributed by atoms with Crippen molar-refractivity contribution in [1.82, 2.24) is 9.55 Å². The van der Waals surface area contributed by atoms with Crippen molar-refractivity contribution in [2.45, 2.75) is 13.8 Å². The zero-order valence-electron chi connectivity index (χ0n) is 14.6. The maximum absolute atomic E-state index is 12.6. The Kier molecular flexibility index (Phi) is 4.84. The fourth-order valence-corrected chi connectivity index (χ4v) is 2.85. The monoisotopic (exact) mass is 349 g/mol. The quantitative estimate of drug-likeness (QED) is 0.693. The van der Waals surface area contributed by atoms with E-state index in [-0.39, 0.29) is 12.4 Å². The lowest BCUT2D eigenvalue weighted by Crippen LogP contribution is -2.14. The lowest BCUT2D eigenvalue weighted by molar-refractivity contribution is 0.0921. The Labute approximate surface area is 151 Å². The second kappa shape index (κ2) is 7.23. The SMILES string of the molecule is Cc1cc(C(=O)COc2cccc(C(N)=O)c2)c(C)n1-c1ccccn1. The van der Waals surface area contributed by atoms with E-state index in [9.17, 15) is 9.59 Å². The van der Waals surface area contributed by atoms with E-state index in [0.29, 0.717) is 16.9 Å². The third-order valence-electron chi connectivity index (χ3n) is 4.10. The van der Waals surface area contributed by atoms with Gasteiger partial charge in [0.1, 0.15) is 11.6 Å². The first-order valence-corrected chi connectivity index (χ1v) is 8.13. The van der Waals surface area contributed by atoms with Crippen molar-refractivity contribution < 1.29 is 14.3 Å². The molecule has 0 radical (unpaired) electrons. The topological polar surface area (TPSA) is 87.2 Å². The Morgan fingerprint density at radius 1 is 1.12 bits per heavy atom. The van der Waals surface area contributed by atoms with Crippen LogP contribution in [0.2, 0.25) is 0 Å². The van der Waals surface area contributed by atoms with Crippen LogP contribution in [0.25, 0.3) is 5.82 Å². The number of nitrogens with two attached hydrogens (primary N) is 1. The lowest BCUT2D eigenvalue weighted by atomic mass is 10.1. The van der Waals surface area contributed by atoms with E-state index in [0.717, 1.165) is 17.2 Å². The average Bonchev–Trinajstić information content (AvgIpc) is 2.95. The minimum Gasteiger partial charge on any atom is -0.485 e. The highest BCUT2D eigenvalue weighted by Gasteiger charge is 2.17. The van der Waals surface area contributed by atoms with Crippen LogP contribution in [0.4, 0.5) is 0 Å². The van der Waals surface area contributed by atoms with Crippen molar-refractivity contribution in [2.24, 2.45) is 5.73 Å². The summed E-state index contributed by atoms with van der Waals surface area (Å²) in [5, 5.41) is 0. The van der Waals surface area contributed by atoms with Gasteiger partial charge >= 0.3 is 0 Å². The third-order valence-corrected chi connectivity index (χ3v) is 4.10. The first kappa shape index (κ1) is 17.4. The summed E-state index contributed by atoms with van der Waals surface area (Å²) in [6.45, 7) is 3.67. The van der Waals surface area contributed by atoms with Gasteiger partial charge in [0.25, 0.3) is 0 Å². The van der Waals surface area contributed by atoms with Crippen molar-refractivity contribution in [3.63, 3.8) is 0 Å². The summed E-state index contributed by atoms with van der Waals surface area (Å²) in [5.74, 6) is 0.496. The predicted molar refractivity (Wildman–Crippen MR) is 97.8 cm³/mol. The molecule has 0 saturated carbocycles. The molecule has 2 aromatic heterocycles. The Morgan fingerprint density at radius 2 is 1.92 bits per heavy atom. The Balaban J connectivity index is 1.79. The van der Waals surface area contributed by atoms with Gasteiger partial charge < -0.3 is 15.0 Å². The van der Waals surface area contributed by atoms with Crippen LogP contribution >= 0.6 is 0 Å². The molecule has 3 rings (SSSR count). The fourth-order valence-electron chi connectivity index (χ4n) is 2.85. The number of carbonyl (C=O) groups is 2. The lowest BCUT2D eigenvalue weighted by Gasteiger charge is -2.09. The number of nitrogens with zero attached hydrogens (tertiary/aromatic N) is 2. The third kappa shape index (κ3) is 3.49. The number of rotatable bonds is 6. The zero-order valence-corrected chi connectivity index (χ0v) is 14.6. The van der Waals surface area contributed by atoms with Gasteiger partial charge in [-0.2, -0.15) is 0 Å². The average molecular weight is 349 g/mol. The smallest absolute Gasteiger partial charge is 0.248 e. The number of ketones is 1. The first-order chi connectivity index (χ1) is 12.5. The van der Waals surface area contributed by atoms with Crippen LogP contribution in [0.1, 0.15) is 32.1 Å². The minimum absolute atomic E-state index is 0.130. The van der Waals surface area contributed by atoms with E-state index >= 15 is 0 Å². The molecular weight excluding hydrogens is 330 g/mol. The van der Waals surface area contributed by atoms with Gasteiger partial charge in [0.05, 0.1) is 0 Å². The second-order valence-electron chi connectivity index (χ2n) is 5.91. The van der Waals surface area contributed by atoms with Crippen molar-refractivity contribution in [2.75, 3.05) is 6.61 Å². The van der Waals surface area contributed by atoms with E-state index in [2.05, 4.69) is 4.98 Å². The number of Topliss-reactive ketones (excluding diaryl/α,β-unsaturated/α-hetero) is 1. The summed E-state index contributed by atoms with van der Waals surface area (Å²) in [7, 11) is 0. The molecule has 0 aliphatic rings. The molecule has 3 aromatic rings. The van der Waals surface area contributed by atoms with Crippen LogP contribution in [0.3, 0.4) is 0 Å². The molecule has 132 valence electrons. The molecular formula is C20H19N3O3. The molecule has 6 nitrogen and oxygen atoms in total. The highest BCUT2D eigenvalue weighted by atomic mass is 16.5. The molecule has 0 unspecified atom stereocenters. The summed E-state index contributed by atoms with van der Waals surface area (Å²) in [6.07, 6.45) is 1.71. The normalized spacial score (nSPS) is 10.5. The minimum atomic E-state index is -0.541. The molecule has 0 atom stereocenters. The van der Waals surface area contributed by atoms with Crippen LogP contribution in [0, 0.1) is 13.8 Å². The van der Waals surface area contributed by atoms with E-state index in [1.807, 2.05) is 42.7 Å².